The molecule has 1 aromatic carbocycles. The molecule has 2 aromatic rings. The molecule has 12 heteroatoms. The minimum absolute atomic E-state index is 0.0183. The van der Waals surface area contributed by atoms with Gasteiger partial charge in [-0.25, -0.2) is 4.98 Å². The van der Waals surface area contributed by atoms with E-state index in [0.29, 0.717) is 11.3 Å². The molecule has 0 aliphatic carbocycles. The van der Waals surface area contributed by atoms with E-state index < -0.39 is 24.9 Å². The van der Waals surface area contributed by atoms with Crippen LogP contribution < -0.4 is 20.2 Å². The number of rotatable bonds is 5. The summed E-state index contributed by atoms with van der Waals surface area (Å²) in [6.07, 6.45) is 2.85. The average Bonchev–Trinajstić information content (AvgIpc) is 3.07. The van der Waals surface area contributed by atoms with Crippen LogP contribution >= 0.6 is 0 Å². The van der Waals surface area contributed by atoms with Crippen molar-refractivity contribution in [3.63, 3.8) is 0 Å². The number of carboxylic acid groups (broad SMARTS) is 1. The number of ether oxygens (including phenoxy) is 1. The molecular formula is C18H21BN4O7-2. The topological polar surface area (TPSA) is 163 Å². The summed E-state index contributed by atoms with van der Waals surface area (Å²) in [4.78, 5) is 29.7. The number of aromatic carboxylic acids is 1. The van der Waals surface area contributed by atoms with E-state index in [2.05, 4.69) is 4.98 Å². The number of benzene rings is 1. The van der Waals surface area contributed by atoms with Crippen molar-refractivity contribution in [3.8, 4) is 11.5 Å². The predicted octanol–water partition coefficient (Wildman–Crippen LogP) is -2.07. The summed E-state index contributed by atoms with van der Waals surface area (Å²) in [5, 5.41) is 31.3. The van der Waals surface area contributed by atoms with Crippen molar-refractivity contribution in [1.82, 2.24) is 14.5 Å². The second kappa shape index (κ2) is 7.31. The number of nitrogens with two attached hydrogens (primary N) is 1. The van der Waals surface area contributed by atoms with Crippen LogP contribution in [0.1, 0.15) is 27.7 Å². The molecule has 0 spiro atoms. The molecule has 0 radical (unpaired) electrons. The van der Waals surface area contributed by atoms with E-state index >= 15 is 0 Å². The van der Waals surface area contributed by atoms with Crippen molar-refractivity contribution in [2.45, 2.75) is 24.9 Å². The van der Waals surface area contributed by atoms with Gasteiger partial charge >= 0.3 is 6.75 Å². The number of fused-ring (bicyclic) bond motifs is 1. The number of carbonyl (C=O) groups excluding carboxylic acids is 2. The lowest BCUT2D eigenvalue weighted by Gasteiger charge is -2.41. The summed E-state index contributed by atoms with van der Waals surface area (Å²) in [7, 11) is 1.74. The van der Waals surface area contributed by atoms with Gasteiger partial charge in [-0.3, -0.25) is 4.79 Å². The Bertz CT molecular complexity index is 1000. The van der Waals surface area contributed by atoms with E-state index in [1.54, 1.807) is 24.0 Å². The molecule has 1 saturated heterocycles. The molecule has 1 aromatic heterocycles. The molecule has 11 nitrogen and oxygen atoms in total. The normalized spacial score (nSPS) is 18.7. The third-order valence-electron chi connectivity index (χ3n) is 5.39. The minimum Gasteiger partial charge on any atom is -0.669 e. The van der Waals surface area contributed by atoms with E-state index in [1.165, 1.54) is 17.2 Å². The summed E-state index contributed by atoms with van der Waals surface area (Å²) in [5.74, 6) is -2.02. The summed E-state index contributed by atoms with van der Waals surface area (Å²) in [6.45, 7) is -2.69. The lowest BCUT2D eigenvalue weighted by atomic mass is 9.70. The largest absolute Gasteiger partial charge is 0.669 e. The Morgan fingerprint density at radius 1 is 1.40 bits per heavy atom. The standard InChI is InChI=1S/C18H22BN4O7/c1-22-9-21-6-12(22)15(20)17(24)23-7-11(8-23)29-13-3-2-10-4-5-19(27,28)30-16(10)14(13)18(25)26/h2-3,6,9,11,15,27-28H,4-5,7-8,20H2,1H3,(H,25,26)/q-1/p-1. The lowest BCUT2D eigenvalue weighted by Crippen LogP contribution is -2.58. The number of carbonyl (C=O) groups is 2. The van der Waals surface area contributed by atoms with Crippen molar-refractivity contribution in [3.05, 3.63) is 41.5 Å². The number of amides is 1. The first kappa shape index (κ1) is 20.2. The predicted molar refractivity (Wildman–Crippen MR) is 101 cm³/mol. The van der Waals surface area contributed by atoms with E-state index in [0.717, 1.165) is 0 Å². The van der Waals surface area contributed by atoms with Crippen molar-refractivity contribution >= 4 is 18.6 Å². The SMILES string of the molecule is Cn1cncc1C(N)C(=O)N1CC(Oc2ccc3c(c2C(=O)[O-])O[B-](O)(O)CC3)C1. The summed E-state index contributed by atoms with van der Waals surface area (Å²) < 4.78 is 12.5. The molecule has 1 amide bonds. The van der Waals surface area contributed by atoms with Gasteiger partial charge in [-0.15, -0.1) is 0 Å². The fourth-order valence-corrected chi connectivity index (χ4v) is 3.68. The van der Waals surface area contributed by atoms with Gasteiger partial charge in [0.05, 0.1) is 48.6 Å². The summed E-state index contributed by atoms with van der Waals surface area (Å²) in [6, 6.07) is 2.23. The van der Waals surface area contributed by atoms with Gasteiger partial charge in [-0.05, 0) is 18.1 Å². The van der Waals surface area contributed by atoms with E-state index in [4.69, 9.17) is 15.1 Å². The third-order valence-corrected chi connectivity index (χ3v) is 5.39. The monoisotopic (exact) mass is 416 g/mol. The van der Waals surface area contributed by atoms with Crippen molar-refractivity contribution in [2.75, 3.05) is 13.1 Å². The van der Waals surface area contributed by atoms with Crippen LogP contribution in [0.4, 0.5) is 0 Å². The summed E-state index contributed by atoms with van der Waals surface area (Å²) in [5.41, 5.74) is 6.74. The van der Waals surface area contributed by atoms with Gasteiger partial charge in [0.1, 0.15) is 17.9 Å². The fraction of sp³-hybridized carbons (Fsp3) is 0.389. The molecule has 3 heterocycles. The molecule has 0 saturated carbocycles. The quantitative estimate of drug-likeness (QED) is 0.465. The maximum absolute atomic E-state index is 12.5. The molecule has 1 fully saturated rings. The Hall–Kier alpha value is -3.09. The molecule has 160 valence electrons. The molecule has 2 aliphatic rings. The highest BCUT2D eigenvalue weighted by atomic mass is 16.6. The molecule has 1 atom stereocenters. The first-order valence-corrected chi connectivity index (χ1v) is 9.50. The number of hydrogen-bond donors (Lipinski definition) is 3. The maximum Gasteiger partial charge on any atom is 0.430 e. The first-order chi connectivity index (χ1) is 14.2. The van der Waals surface area contributed by atoms with Gasteiger partial charge in [-0.1, -0.05) is 12.4 Å². The smallest absolute Gasteiger partial charge is 0.430 e. The molecule has 2 aliphatic heterocycles. The average molecular weight is 416 g/mol. The van der Waals surface area contributed by atoms with Crippen LogP contribution in [0.5, 0.6) is 11.5 Å². The number of aromatic nitrogens is 2. The van der Waals surface area contributed by atoms with Crippen molar-refractivity contribution < 1.29 is 34.1 Å². The number of hydrogen-bond acceptors (Lipinski definition) is 9. The van der Waals surface area contributed by atoms with Crippen LogP contribution in [0, 0.1) is 0 Å². The second-order valence-electron chi connectivity index (χ2n) is 7.62. The zero-order valence-electron chi connectivity index (χ0n) is 16.2. The van der Waals surface area contributed by atoms with Crippen LogP contribution in [0.15, 0.2) is 24.7 Å². The molecule has 4 rings (SSSR count). The highest BCUT2D eigenvalue weighted by molar-refractivity contribution is 6.59. The van der Waals surface area contributed by atoms with Crippen molar-refractivity contribution in [2.24, 2.45) is 12.8 Å². The zero-order valence-corrected chi connectivity index (χ0v) is 16.2. The van der Waals surface area contributed by atoms with Gasteiger partial charge in [0, 0.05) is 7.05 Å². The van der Waals surface area contributed by atoms with Gasteiger partial charge in [0.25, 0.3) is 0 Å². The Balaban J connectivity index is 1.46. The van der Waals surface area contributed by atoms with E-state index in [9.17, 15) is 24.7 Å². The number of imidazole rings is 1. The number of nitrogens with zero attached hydrogens (tertiary/aromatic N) is 3. The van der Waals surface area contributed by atoms with Gasteiger partial charge < -0.3 is 44.5 Å². The van der Waals surface area contributed by atoms with Crippen LogP contribution in [0.25, 0.3) is 0 Å². The maximum atomic E-state index is 12.5. The summed E-state index contributed by atoms with van der Waals surface area (Å²) >= 11 is 0. The van der Waals surface area contributed by atoms with Crippen molar-refractivity contribution in [1.29, 1.82) is 0 Å². The Morgan fingerprint density at radius 3 is 2.77 bits per heavy atom. The van der Waals surface area contributed by atoms with Crippen LogP contribution in [0.3, 0.4) is 0 Å². The van der Waals surface area contributed by atoms with E-state index in [1.807, 2.05) is 0 Å². The van der Waals surface area contributed by atoms with Gasteiger partial charge in [0.2, 0.25) is 5.91 Å². The Labute approximate surface area is 171 Å². The van der Waals surface area contributed by atoms with Crippen LogP contribution in [-0.2, 0) is 18.3 Å². The Morgan fingerprint density at radius 2 is 2.13 bits per heavy atom. The molecule has 4 N–H and O–H groups in total. The van der Waals surface area contributed by atoms with Gasteiger partial charge in [0.15, 0.2) is 0 Å². The highest BCUT2D eigenvalue weighted by Crippen LogP contribution is 2.38. The second-order valence-corrected chi connectivity index (χ2v) is 7.62. The zero-order chi connectivity index (χ0) is 21.6. The first-order valence-electron chi connectivity index (χ1n) is 9.50. The third kappa shape index (κ3) is 3.60. The highest BCUT2D eigenvalue weighted by Gasteiger charge is 2.37. The lowest BCUT2D eigenvalue weighted by molar-refractivity contribution is -0.255. The number of aryl methyl sites for hydroxylation is 2. The van der Waals surface area contributed by atoms with Gasteiger partial charge in [-0.2, -0.15) is 0 Å². The fourth-order valence-electron chi connectivity index (χ4n) is 3.68. The van der Waals surface area contributed by atoms with E-state index in [-0.39, 0.29) is 48.8 Å². The Kier molecular flexibility index (Phi) is 4.92. The van der Waals surface area contributed by atoms with Crippen LogP contribution in [-0.4, -0.2) is 62.3 Å². The molecular weight excluding hydrogens is 395 g/mol. The molecule has 1 unspecified atom stereocenters. The minimum atomic E-state index is -3.14. The number of carboxylic acids is 1. The molecule has 0 bridgehead atoms. The molecule has 30 heavy (non-hydrogen) atoms. The van der Waals surface area contributed by atoms with Crippen LogP contribution in [0.2, 0.25) is 6.32 Å². The number of likely N-dealkylation sites (tertiary alicyclic amines) is 1.